The molecule has 36 heavy (non-hydrogen) atoms. The van der Waals surface area contributed by atoms with Gasteiger partial charge in [-0.2, -0.15) is 0 Å². The van der Waals surface area contributed by atoms with E-state index in [1.807, 2.05) is 36.4 Å². The summed E-state index contributed by atoms with van der Waals surface area (Å²) < 4.78 is 0. The second-order valence-electron chi connectivity index (χ2n) is 8.66. The molecule has 0 aromatic heterocycles. The predicted octanol–water partition coefficient (Wildman–Crippen LogP) is 8.40. The quantitative estimate of drug-likeness (QED) is 0.165. The minimum absolute atomic E-state index is 0.787. The first-order valence-electron chi connectivity index (χ1n) is 12.2. The average Bonchev–Trinajstić information content (AvgIpc) is 2.94. The number of anilines is 6. The summed E-state index contributed by atoms with van der Waals surface area (Å²) in [4.78, 5) is 0. The maximum Gasteiger partial charge on any atom is 0.0400 e. The van der Waals surface area contributed by atoms with Gasteiger partial charge in [-0.1, -0.05) is 60.7 Å². The van der Waals surface area contributed by atoms with Gasteiger partial charge in [-0.3, -0.25) is 0 Å². The second-order valence-corrected chi connectivity index (χ2v) is 8.66. The first kappa shape index (κ1) is 23.1. The van der Waals surface area contributed by atoms with Gasteiger partial charge in [-0.05, 0) is 83.9 Å². The van der Waals surface area contributed by atoms with Crippen molar-refractivity contribution in [2.24, 2.45) is 0 Å². The Morgan fingerprint density at radius 1 is 0.306 bits per heavy atom. The number of nitrogens with one attached hydrogen (secondary N) is 4. The molecule has 5 aromatic carbocycles. The lowest BCUT2D eigenvalue weighted by molar-refractivity contribution is 1.11. The summed E-state index contributed by atoms with van der Waals surface area (Å²) >= 11 is 0. The van der Waals surface area contributed by atoms with E-state index < -0.39 is 0 Å². The van der Waals surface area contributed by atoms with Gasteiger partial charge in [0.05, 0.1) is 0 Å². The zero-order chi connectivity index (χ0) is 24.4. The van der Waals surface area contributed by atoms with E-state index in [9.17, 15) is 0 Å². The minimum Gasteiger partial charge on any atom is -0.381 e. The molecule has 0 radical (unpaired) electrons. The lowest BCUT2D eigenvalue weighted by atomic mass is 10.1. The summed E-state index contributed by atoms with van der Waals surface area (Å²) in [6, 6.07) is 45.9. The van der Waals surface area contributed by atoms with Crippen LogP contribution in [-0.4, -0.2) is 0 Å². The monoisotopic (exact) mass is 470 g/mol. The summed E-state index contributed by atoms with van der Waals surface area (Å²) in [6.45, 7) is 1.57. The molecule has 0 heterocycles. The Labute approximate surface area is 213 Å². The highest BCUT2D eigenvalue weighted by Gasteiger charge is 2.00. The van der Waals surface area contributed by atoms with Crippen molar-refractivity contribution >= 4 is 34.1 Å². The van der Waals surface area contributed by atoms with Crippen molar-refractivity contribution in [3.63, 3.8) is 0 Å². The van der Waals surface area contributed by atoms with Crippen molar-refractivity contribution in [3.8, 4) is 0 Å². The zero-order valence-electron chi connectivity index (χ0n) is 20.1. The van der Waals surface area contributed by atoms with Gasteiger partial charge in [0.15, 0.2) is 0 Å². The molecule has 4 heteroatoms. The smallest absolute Gasteiger partial charge is 0.0400 e. The normalized spacial score (nSPS) is 10.4. The lowest BCUT2D eigenvalue weighted by Crippen LogP contribution is -2.02. The molecule has 0 aliphatic heterocycles. The maximum absolute atomic E-state index is 3.50. The molecule has 0 unspecified atom stereocenters. The molecular weight excluding hydrogens is 440 g/mol. The SMILES string of the molecule is c1ccc(Nc2ccc(NCc3ccc(CNc4ccc(Nc5ccccc5)cc4)cc3)cc2)cc1. The molecule has 5 aromatic rings. The molecule has 0 aliphatic carbocycles. The van der Waals surface area contributed by atoms with Gasteiger partial charge in [-0.15, -0.1) is 0 Å². The lowest BCUT2D eigenvalue weighted by Gasteiger charge is -2.11. The van der Waals surface area contributed by atoms with Crippen molar-refractivity contribution in [2.45, 2.75) is 13.1 Å². The number of benzene rings is 5. The Hall–Kier alpha value is -4.70. The van der Waals surface area contributed by atoms with E-state index in [1.54, 1.807) is 0 Å². The fourth-order valence-corrected chi connectivity index (χ4v) is 3.90. The molecule has 4 N–H and O–H groups in total. The Morgan fingerprint density at radius 2 is 0.611 bits per heavy atom. The fourth-order valence-electron chi connectivity index (χ4n) is 3.90. The zero-order valence-corrected chi connectivity index (χ0v) is 20.1. The summed E-state index contributed by atoms with van der Waals surface area (Å²) in [7, 11) is 0. The van der Waals surface area contributed by atoms with Crippen molar-refractivity contribution < 1.29 is 0 Å². The topological polar surface area (TPSA) is 48.1 Å². The summed E-state index contributed by atoms with van der Waals surface area (Å²) in [6.07, 6.45) is 0. The first-order chi connectivity index (χ1) is 17.8. The Bertz CT molecular complexity index is 1220. The highest BCUT2D eigenvalue weighted by molar-refractivity contribution is 5.63. The molecule has 0 bridgehead atoms. The van der Waals surface area contributed by atoms with Crippen LogP contribution >= 0.6 is 0 Å². The van der Waals surface area contributed by atoms with Gasteiger partial charge in [-0.25, -0.2) is 0 Å². The third-order valence-electron chi connectivity index (χ3n) is 5.91. The van der Waals surface area contributed by atoms with Crippen LogP contribution in [0.4, 0.5) is 34.1 Å². The number of rotatable bonds is 10. The van der Waals surface area contributed by atoms with Crippen molar-refractivity contribution in [1.82, 2.24) is 0 Å². The molecule has 0 aliphatic rings. The van der Waals surface area contributed by atoms with Crippen LogP contribution in [0.3, 0.4) is 0 Å². The van der Waals surface area contributed by atoms with Crippen molar-refractivity contribution in [1.29, 1.82) is 0 Å². The van der Waals surface area contributed by atoms with E-state index in [2.05, 4.69) is 118 Å². The molecule has 178 valence electrons. The van der Waals surface area contributed by atoms with Crippen LogP contribution in [-0.2, 0) is 13.1 Å². The molecule has 0 saturated carbocycles. The average molecular weight is 471 g/mol. The van der Waals surface area contributed by atoms with Crippen LogP contribution in [0.1, 0.15) is 11.1 Å². The third kappa shape index (κ3) is 6.67. The van der Waals surface area contributed by atoms with Crippen molar-refractivity contribution in [3.05, 3.63) is 145 Å². The van der Waals surface area contributed by atoms with E-state index in [4.69, 9.17) is 0 Å². The highest BCUT2D eigenvalue weighted by atomic mass is 14.9. The largest absolute Gasteiger partial charge is 0.381 e. The molecule has 0 atom stereocenters. The molecular formula is C32H30N4. The van der Waals surface area contributed by atoms with Gasteiger partial charge < -0.3 is 21.3 Å². The summed E-state index contributed by atoms with van der Waals surface area (Å²) in [5, 5.41) is 13.8. The van der Waals surface area contributed by atoms with E-state index in [0.717, 1.165) is 47.2 Å². The molecule has 0 amide bonds. The van der Waals surface area contributed by atoms with E-state index in [1.165, 1.54) is 11.1 Å². The van der Waals surface area contributed by atoms with Crippen LogP contribution in [0.5, 0.6) is 0 Å². The molecule has 0 saturated heterocycles. The molecule has 5 rings (SSSR count). The Balaban J connectivity index is 1.07. The highest BCUT2D eigenvalue weighted by Crippen LogP contribution is 2.21. The number of hydrogen-bond acceptors (Lipinski definition) is 4. The van der Waals surface area contributed by atoms with Crippen LogP contribution in [0.25, 0.3) is 0 Å². The van der Waals surface area contributed by atoms with E-state index in [-0.39, 0.29) is 0 Å². The fraction of sp³-hybridized carbons (Fsp3) is 0.0625. The maximum atomic E-state index is 3.50. The van der Waals surface area contributed by atoms with Crippen LogP contribution < -0.4 is 21.3 Å². The van der Waals surface area contributed by atoms with Gasteiger partial charge in [0, 0.05) is 47.2 Å². The van der Waals surface area contributed by atoms with E-state index >= 15 is 0 Å². The van der Waals surface area contributed by atoms with Gasteiger partial charge >= 0.3 is 0 Å². The van der Waals surface area contributed by atoms with Crippen LogP contribution in [0.15, 0.2) is 133 Å². The second kappa shape index (κ2) is 11.6. The summed E-state index contributed by atoms with van der Waals surface area (Å²) in [5.74, 6) is 0. The van der Waals surface area contributed by atoms with Gasteiger partial charge in [0.1, 0.15) is 0 Å². The molecule has 4 nitrogen and oxygen atoms in total. The predicted molar refractivity (Wildman–Crippen MR) is 153 cm³/mol. The van der Waals surface area contributed by atoms with Crippen LogP contribution in [0.2, 0.25) is 0 Å². The summed E-state index contributed by atoms with van der Waals surface area (Å²) in [5.41, 5.74) is 9.03. The van der Waals surface area contributed by atoms with E-state index in [0.29, 0.717) is 0 Å². The van der Waals surface area contributed by atoms with Crippen LogP contribution in [0, 0.1) is 0 Å². The van der Waals surface area contributed by atoms with Gasteiger partial charge in [0.25, 0.3) is 0 Å². The molecule has 0 fully saturated rings. The Kier molecular flexibility index (Phi) is 7.45. The standard InChI is InChI=1S/C32H30N4/c1-3-7-29(8-4-1)35-31-19-15-27(16-20-31)33-23-25-11-13-26(14-12-25)24-34-28-17-21-32(22-18-28)36-30-9-5-2-6-10-30/h1-22,33-36H,23-24H2. The molecule has 0 spiro atoms. The first-order valence-corrected chi connectivity index (χ1v) is 12.2. The third-order valence-corrected chi connectivity index (χ3v) is 5.91. The Morgan fingerprint density at radius 3 is 0.972 bits per heavy atom. The van der Waals surface area contributed by atoms with Gasteiger partial charge in [0.2, 0.25) is 0 Å². The number of hydrogen-bond donors (Lipinski definition) is 4. The van der Waals surface area contributed by atoms with Crippen molar-refractivity contribution in [2.75, 3.05) is 21.3 Å². The minimum atomic E-state index is 0.787. The number of para-hydroxylation sites is 2.